The minimum Gasteiger partial charge on any atom is -0.291 e. The van der Waals surface area contributed by atoms with Gasteiger partial charge in [-0.1, -0.05) is 30.3 Å². The molecule has 2 aromatic carbocycles. The number of hydrogen-bond acceptors (Lipinski definition) is 4. The Labute approximate surface area is 139 Å². The molecule has 0 spiro atoms. The third-order valence-electron chi connectivity index (χ3n) is 4.26. The van der Waals surface area contributed by atoms with Crippen molar-refractivity contribution in [1.29, 1.82) is 0 Å². The van der Waals surface area contributed by atoms with Crippen LogP contribution in [0, 0.1) is 0 Å². The summed E-state index contributed by atoms with van der Waals surface area (Å²) >= 11 is 0. The summed E-state index contributed by atoms with van der Waals surface area (Å²) in [6.07, 6.45) is 2.76. The lowest BCUT2D eigenvalue weighted by Crippen LogP contribution is -2.27. The van der Waals surface area contributed by atoms with Crippen LogP contribution in [0.2, 0.25) is 0 Å². The number of hydrazone groups is 1. The monoisotopic (exact) mass is 318 g/mol. The van der Waals surface area contributed by atoms with Crippen molar-refractivity contribution in [3.05, 3.63) is 70.8 Å². The molecule has 0 bridgehead atoms. The van der Waals surface area contributed by atoms with Gasteiger partial charge in [0.25, 0.3) is 5.56 Å². The number of hydrogen-bond donors (Lipinski definition) is 1. The van der Waals surface area contributed by atoms with E-state index in [9.17, 15) is 4.79 Å². The number of fused-ring (bicyclic) bond motifs is 2. The smallest absolute Gasteiger partial charge is 0.261 e. The molecule has 1 aliphatic rings. The summed E-state index contributed by atoms with van der Waals surface area (Å²) in [5.74, 6) is 0.680. The van der Waals surface area contributed by atoms with Crippen LogP contribution in [0.1, 0.15) is 25.1 Å². The predicted octanol–water partition coefficient (Wildman–Crippen LogP) is 3.40. The van der Waals surface area contributed by atoms with Crippen molar-refractivity contribution in [3.8, 4) is 0 Å². The molecular formula is C19H18N4O. The van der Waals surface area contributed by atoms with Crippen molar-refractivity contribution in [1.82, 2.24) is 9.55 Å². The Morgan fingerprint density at radius 3 is 2.67 bits per heavy atom. The first kappa shape index (κ1) is 14.6. The molecule has 0 amide bonds. The van der Waals surface area contributed by atoms with Crippen LogP contribution >= 0.6 is 0 Å². The fourth-order valence-corrected chi connectivity index (χ4v) is 3.02. The molecule has 5 nitrogen and oxygen atoms in total. The molecule has 2 heterocycles. The van der Waals surface area contributed by atoms with Gasteiger partial charge in [0.1, 0.15) is 5.71 Å². The molecule has 3 aromatic rings. The fourth-order valence-electron chi connectivity index (χ4n) is 3.02. The molecule has 1 aliphatic heterocycles. The third-order valence-corrected chi connectivity index (χ3v) is 4.26. The molecule has 0 aliphatic carbocycles. The molecule has 0 unspecified atom stereocenters. The Morgan fingerprint density at radius 2 is 1.79 bits per heavy atom. The Kier molecular flexibility index (Phi) is 3.83. The highest BCUT2D eigenvalue weighted by Crippen LogP contribution is 2.16. The first-order valence-electron chi connectivity index (χ1n) is 8.20. The largest absolute Gasteiger partial charge is 0.291 e. The average molecular weight is 318 g/mol. The molecule has 24 heavy (non-hydrogen) atoms. The van der Waals surface area contributed by atoms with E-state index in [1.807, 2.05) is 54.6 Å². The Morgan fingerprint density at radius 1 is 1.00 bits per heavy atom. The van der Waals surface area contributed by atoms with Gasteiger partial charge in [-0.3, -0.25) is 14.8 Å². The molecular weight excluding hydrogens is 300 g/mol. The van der Waals surface area contributed by atoms with Crippen LogP contribution in [0.5, 0.6) is 0 Å². The SMILES string of the molecule is O=c1c2ccccc2nc2n1CCCC/C2=N\Nc1ccccc1. The molecule has 0 fully saturated rings. The van der Waals surface area contributed by atoms with Gasteiger partial charge in [-0.2, -0.15) is 5.10 Å². The highest BCUT2D eigenvalue weighted by atomic mass is 16.1. The summed E-state index contributed by atoms with van der Waals surface area (Å²) in [5, 5.41) is 5.21. The number of nitrogens with zero attached hydrogens (tertiary/aromatic N) is 3. The van der Waals surface area contributed by atoms with E-state index in [1.54, 1.807) is 4.57 Å². The topological polar surface area (TPSA) is 59.3 Å². The zero-order valence-corrected chi connectivity index (χ0v) is 13.3. The van der Waals surface area contributed by atoms with Gasteiger partial charge in [0, 0.05) is 6.54 Å². The molecule has 4 rings (SSSR count). The second kappa shape index (κ2) is 6.28. The number of anilines is 1. The van der Waals surface area contributed by atoms with Crippen LogP contribution in [0.25, 0.3) is 10.9 Å². The van der Waals surface area contributed by atoms with Crippen molar-refractivity contribution >= 4 is 22.3 Å². The summed E-state index contributed by atoms with van der Waals surface area (Å²) < 4.78 is 1.76. The summed E-state index contributed by atoms with van der Waals surface area (Å²) in [7, 11) is 0. The number of nitrogens with one attached hydrogen (secondary N) is 1. The van der Waals surface area contributed by atoms with Crippen LogP contribution in [0.3, 0.4) is 0 Å². The minimum absolute atomic E-state index is 0.0184. The van der Waals surface area contributed by atoms with Crippen molar-refractivity contribution < 1.29 is 0 Å². The van der Waals surface area contributed by atoms with Gasteiger partial charge < -0.3 is 0 Å². The van der Waals surface area contributed by atoms with E-state index in [1.165, 1.54) is 0 Å². The Bertz CT molecular complexity index is 960. The molecule has 0 saturated carbocycles. The Balaban J connectivity index is 1.82. The first-order chi connectivity index (χ1) is 11.8. The lowest BCUT2D eigenvalue weighted by molar-refractivity contribution is 0.614. The van der Waals surface area contributed by atoms with Gasteiger partial charge in [-0.15, -0.1) is 0 Å². The van der Waals surface area contributed by atoms with E-state index < -0.39 is 0 Å². The van der Waals surface area contributed by atoms with E-state index in [0.29, 0.717) is 17.8 Å². The van der Waals surface area contributed by atoms with E-state index in [-0.39, 0.29) is 5.56 Å². The summed E-state index contributed by atoms with van der Waals surface area (Å²) in [6, 6.07) is 17.3. The van der Waals surface area contributed by atoms with Gasteiger partial charge in [0.2, 0.25) is 0 Å². The van der Waals surface area contributed by atoms with E-state index in [4.69, 9.17) is 4.98 Å². The van der Waals surface area contributed by atoms with Crippen molar-refractivity contribution in [3.63, 3.8) is 0 Å². The quantitative estimate of drug-likeness (QED) is 0.737. The number of benzene rings is 2. The van der Waals surface area contributed by atoms with E-state index in [0.717, 1.165) is 36.2 Å². The van der Waals surface area contributed by atoms with Gasteiger partial charge in [-0.05, 0) is 43.5 Å². The number of aromatic nitrogens is 2. The number of para-hydroxylation sites is 2. The second-order valence-electron chi connectivity index (χ2n) is 5.90. The highest BCUT2D eigenvalue weighted by molar-refractivity contribution is 5.99. The maximum Gasteiger partial charge on any atom is 0.261 e. The lowest BCUT2D eigenvalue weighted by Gasteiger charge is -2.11. The minimum atomic E-state index is 0.0184. The lowest BCUT2D eigenvalue weighted by atomic mass is 10.2. The molecule has 0 saturated heterocycles. The van der Waals surface area contributed by atoms with Crippen LogP contribution in [-0.2, 0) is 6.54 Å². The fraction of sp³-hybridized carbons (Fsp3) is 0.211. The van der Waals surface area contributed by atoms with Crippen LogP contribution < -0.4 is 11.0 Å². The number of rotatable bonds is 2. The van der Waals surface area contributed by atoms with Gasteiger partial charge in [0.15, 0.2) is 5.82 Å². The molecule has 0 atom stereocenters. The highest BCUT2D eigenvalue weighted by Gasteiger charge is 2.18. The standard InChI is InChI=1S/C19H18N4O/c24-19-15-10-4-5-11-16(15)20-18-17(12-6-7-13-23(18)19)22-21-14-8-2-1-3-9-14/h1-5,8-11,21H,6-7,12-13H2/b22-17+. The van der Waals surface area contributed by atoms with Crippen molar-refractivity contribution in [2.24, 2.45) is 5.10 Å². The summed E-state index contributed by atoms with van der Waals surface area (Å²) in [6.45, 7) is 0.691. The third kappa shape index (κ3) is 2.69. The predicted molar refractivity (Wildman–Crippen MR) is 96.5 cm³/mol. The van der Waals surface area contributed by atoms with Crippen LogP contribution in [0.15, 0.2) is 64.5 Å². The molecule has 120 valence electrons. The average Bonchev–Trinajstić information content (AvgIpc) is 2.84. The molecule has 5 heteroatoms. The van der Waals surface area contributed by atoms with Gasteiger partial charge >= 0.3 is 0 Å². The zero-order valence-electron chi connectivity index (χ0n) is 13.3. The van der Waals surface area contributed by atoms with Crippen LogP contribution in [0.4, 0.5) is 5.69 Å². The summed E-state index contributed by atoms with van der Waals surface area (Å²) in [5.41, 5.74) is 5.58. The maximum absolute atomic E-state index is 12.8. The first-order valence-corrected chi connectivity index (χ1v) is 8.20. The molecule has 1 N–H and O–H groups in total. The maximum atomic E-state index is 12.8. The molecule has 1 aromatic heterocycles. The molecule has 0 radical (unpaired) electrons. The van der Waals surface area contributed by atoms with Gasteiger partial charge in [0.05, 0.1) is 16.6 Å². The normalized spacial score (nSPS) is 15.9. The second-order valence-corrected chi connectivity index (χ2v) is 5.90. The van der Waals surface area contributed by atoms with Crippen molar-refractivity contribution in [2.75, 3.05) is 5.43 Å². The van der Waals surface area contributed by atoms with Crippen LogP contribution in [-0.4, -0.2) is 15.3 Å². The van der Waals surface area contributed by atoms with E-state index >= 15 is 0 Å². The van der Waals surface area contributed by atoms with Gasteiger partial charge in [-0.25, -0.2) is 4.98 Å². The van der Waals surface area contributed by atoms with E-state index in [2.05, 4.69) is 10.5 Å². The van der Waals surface area contributed by atoms with Crippen molar-refractivity contribution in [2.45, 2.75) is 25.8 Å². The zero-order chi connectivity index (χ0) is 16.4. The summed E-state index contributed by atoms with van der Waals surface area (Å²) in [4.78, 5) is 17.5. The Hall–Kier alpha value is -2.95.